The van der Waals surface area contributed by atoms with Crippen molar-refractivity contribution in [2.24, 2.45) is 0 Å². The Morgan fingerprint density at radius 2 is 1.96 bits per heavy atom. The molecule has 2 aromatic rings. The van der Waals surface area contributed by atoms with Gasteiger partial charge in [-0.1, -0.05) is 18.2 Å². The molecule has 26 heavy (non-hydrogen) atoms. The monoisotopic (exact) mass is 356 g/mol. The number of esters is 1. The van der Waals surface area contributed by atoms with Gasteiger partial charge in [0.2, 0.25) is 0 Å². The Morgan fingerprint density at radius 1 is 1.19 bits per heavy atom. The lowest BCUT2D eigenvalue weighted by Gasteiger charge is -2.09. The molecule has 0 heterocycles. The van der Waals surface area contributed by atoms with Gasteiger partial charge in [-0.25, -0.2) is 0 Å². The van der Waals surface area contributed by atoms with Crippen molar-refractivity contribution >= 4 is 23.3 Å². The van der Waals surface area contributed by atoms with Gasteiger partial charge in [-0.3, -0.25) is 19.7 Å². The fourth-order valence-electron chi connectivity index (χ4n) is 2.47. The van der Waals surface area contributed by atoms with Crippen molar-refractivity contribution in [2.75, 3.05) is 11.9 Å². The van der Waals surface area contributed by atoms with Crippen LogP contribution in [0.2, 0.25) is 0 Å². The number of nitrogens with one attached hydrogen (secondary N) is 1. The molecule has 0 saturated carbocycles. The second-order valence-electron chi connectivity index (χ2n) is 5.74. The predicted molar refractivity (Wildman–Crippen MR) is 97.2 cm³/mol. The van der Waals surface area contributed by atoms with Gasteiger partial charge in [0.05, 0.1) is 11.5 Å². The van der Waals surface area contributed by atoms with Crippen LogP contribution in [-0.4, -0.2) is 23.4 Å². The third-order valence-corrected chi connectivity index (χ3v) is 3.70. The molecule has 0 aliphatic heterocycles. The van der Waals surface area contributed by atoms with Crippen molar-refractivity contribution in [2.45, 2.75) is 26.7 Å². The van der Waals surface area contributed by atoms with Crippen LogP contribution in [0.25, 0.3) is 0 Å². The highest BCUT2D eigenvalue weighted by atomic mass is 16.6. The highest BCUT2D eigenvalue weighted by Crippen LogP contribution is 2.22. The summed E-state index contributed by atoms with van der Waals surface area (Å²) in [5, 5.41) is 13.8. The first kappa shape index (κ1) is 19.1. The minimum atomic E-state index is -0.579. The number of rotatable bonds is 7. The summed E-state index contributed by atoms with van der Waals surface area (Å²) in [5.41, 5.74) is 1.88. The number of carbonyl (C=O) groups is 2. The topological polar surface area (TPSA) is 98.5 Å². The van der Waals surface area contributed by atoms with Crippen molar-refractivity contribution in [1.29, 1.82) is 0 Å². The van der Waals surface area contributed by atoms with Crippen LogP contribution in [0.1, 0.15) is 34.8 Å². The molecule has 0 aromatic heterocycles. The van der Waals surface area contributed by atoms with Gasteiger partial charge in [0.15, 0.2) is 0 Å². The van der Waals surface area contributed by atoms with E-state index in [4.69, 9.17) is 4.74 Å². The number of nitro benzene ring substituents is 1. The molecule has 0 atom stereocenters. The lowest BCUT2D eigenvalue weighted by Crippen LogP contribution is -2.14. The molecule has 0 aliphatic carbocycles. The number of nitrogens with zero attached hydrogens (tertiary/aromatic N) is 1. The highest BCUT2D eigenvalue weighted by molar-refractivity contribution is 6.07. The Balaban J connectivity index is 2.13. The lowest BCUT2D eigenvalue weighted by atomic mass is 10.1. The molecule has 0 radical (unpaired) electrons. The molecule has 2 rings (SSSR count). The normalized spacial score (nSPS) is 10.2. The number of hydrogen-bond acceptors (Lipinski definition) is 5. The number of amides is 1. The lowest BCUT2D eigenvalue weighted by molar-refractivity contribution is -0.385. The van der Waals surface area contributed by atoms with Gasteiger partial charge in [0, 0.05) is 18.2 Å². The molecule has 0 unspecified atom stereocenters. The molecule has 0 bridgehead atoms. The van der Waals surface area contributed by atoms with E-state index in [2.05, 4.69) is 5.32 Å². The van der Waals surface area contributed by atoms with Crippen molar-refractivity contribution < 1.29 is 19.2 Å². The minimum Gasteiger partial charge on any atom is -0.466 e. The summed E-state index contributed by atoms with van der Waals surface area (Å²) in [6, 6.07) is 11.4. The Kier molecular flexibility index (Phi) is 6.43. The quantitative estimate of drug-likeness (QED) is 0.464. The van der Waals surface area contributed by atoms with Gasteiger partial charge < -0.3 is 10.1 Å². The maximum Gasteiger partial charge on any atom is 0.306 e. The second kappa shape index (κ2) is 8.75. The van der Waals surface area contributed by atoms with Crippen LogP contribution in [0.5, 0.6) is 0 Å². The van der Waals surface area contributed by atoms with E-state index in [1.165, 1.54) is 12.1 Å². The molecule has 7 heteroatoms. The van der Waals surface area contributed by atoms with Crippen LogP contribution in [-0.2, 0) is 16.0 Å². The van der Waals surface area contributed by atoms with Crippen LogP contribution in [0.15, 0.2) is 42.5 Å². The van der Waals surface area contributed by atoms with Gasteiger partial charge in [0.1, 0.15) is 5.56 Å². The first-order valence-electron chi connectivity index (χ1n) is 8.21. The molecule has 7 nitrogen and oxygen atoms in total. The van der Waals surface area contributed by atoms with Gasteiger partial charge in [-0.15, -0.1) is 0 Å². The molecule has 0 aliphatic rings. The Bertz CT molecular complexity index is 832. The summed E-state index contributed by atoms with van der Waals surface area (Å²) in [6.45, 7) is 3.85. The van der Waals surface area contributed by atoms with Gasteiger partial charge in [-0.2, -0.15) is 0 Å². The highest BCUT2D eigenvalue weighted by Gasteiger charge is 2.20. The fourth-order valence-corrected chi connectivity index (χ4v) is 2.47. The summed E-state index contributed by atoms with van der Waals surface area (Å²) in [6.07, 6.45) is 0.724. The average Bonchev–Trinajstić information content (AvgIpc) is 2.60. The molecule has 0 saturated heterocycles. The zero-order valence-electron chi connectivity index (χ0n) is 14.7. The fraction of sp³-hybridized carbons (Fsp3) is 0.263. The number of ether oxygens (including phenoxy) is 1. The summed E-state index contributed by atoms with van der Waals surface area (Å²) in [5.74, 6) is -0.833. The maximum atomic E-state index is 12.5. The molecular formula is C19H20N2O5. The van der Waals surface area contributed by atoms with Crippen LogP contribution in [0.3, 0.4) is 0 Å². The maximum absolute atomic E-state index is 12.5. The van der Waals surface area contributed by atoms with Gasteiger partial charge in [-0.05, 0) is 49.6 Å². The molecule has 1 amide bonds. The van der Waals surface area contributed by atoms with E-state index < -0.39 is 10.8 Å². The van der Waals surface area contributed by atoms with E-state index in [1.54, 1.807) is 38.1 Å². The molecule has 136 valence electrons. The summed E-state index contributed by atoms with van der Waals surface area (Å²) in [4.78, 5) is 34.5. The Hall–Kier alpha value is -3.22. The molecular weight excluding hydrogens is 336 g/mol. The summed E-state index contributed by atoms with van der Waals surface area (Å²) >= 11 is 0. The number of aryl methyl sites for hydroxylation is 2. The number of benzene rings is 2. The Morgan fingerprint density at radius 3 is 2.65 bits per heavy atom. The molecule has 0 spiro atoms. The van der Waals surface area contributed by atoms with Crippen molar-refractivity contribution in [1.82, 2.24) is 0 Å². The third-order valence-electron chi connectivity index (χ3n) is 3.70. The number of anilines is 1. The van der Waals surface area contributed by atoms with Crippen molar-refractivity contribution in [3.05, 3.63) is 69.3 Å². The smallest absolute Gasteiger partial charge is 0.306 e. The predicted octanol–water partition coefficient (Wildman–Crippen LogP) is 3.65. The molecule has 0 fully saturated rings. The van der Waals surface area contributed by atoms with Gasteiger partial charge in [0.25, 0.3) is 11.6 Å². The van der Waals surface area contributed by atoms with Gasteiger partial charge >= 0.3 is 5.97 Å². The number of carbonyl (C=O) groups excluding carboxylic acids is 2. The van der Waals surface area contributed by atoms with E-state index in [9.17, 15) is 19.7 Å². The first-order chi connectivity index (χ1) is 12.4. The van der Waals surface area contributed by atoms with Crippen LogP contribution < -0.4 is 5.32 Å². The average molecular weight is 356 g/mol. The number of hydrogen-bond donors (Lipinski definition) is 1. The van der Waals surface area contributed by atoms with Crippen molar-refractivity contribution in [3.8, 4) is 0 Å². The zero-order valence-corrected chi connectivity index (χ0v) is 14.7. The third kappa shape index (κ3) is 5.14. The first-order valence-corrected chi connectivity index (χ1v) is 8.21. The second-order valence-corrected chi connectivity index (χ2v) is 5.74. The van der Waals surface area contributed by atoms with E-state index in [-0.39, 0.29) is 23.6 Å². The van der Waals surface area contributed by atoms with E-state index in [0.29, 0.717) is 18.7 Å². The molecule has 2 aromatic carbocycles. The van der Waals surface area contributed by atoms with E-state index in [0.717, 1.165) is 11.1 Å². The summed E-state index contributed by atoms with van der Waals surface area (Å²) < 4.78 is 4.89. The van der Waals surface area contributed by atoms with Crippen LogP contribution >= 0.6 is 0 Å². The van der Waals surface area contributed by atoms with E-state index in [1.807, 2.05) is 6.07 Å². The standard InChI is InChI=1S/C19H20N2O5/c1-3-26-18(22)10-8-14-5-4-6-15(12-14)20-19(23)16-11-13(2)7-9-17(16)21(24)25/h4-7,9,11-12H,3,8,10H2,1-2H3,(H,20,23). The SMILES string of the molecule is CCOC(=O)CCc1cccc(NC(=O)c2cc(C)ccc2[N+](=O)[O-])c1. The van der Waals surface area contributed by atoms with Crippen molar-refractivity contribution in [3.63, 3.8) is 0 Å². The minimum absolute atomic E-state index is 0.00641. The van der Waals surface area contributed by atoms with Crippen LogP contribution in [0.4, 0.5) is 11.4 Å². The van der Waals surface area contributed by atoms with Crippen LogP contribution in [0, 0.1) is 17.0 Å². The largest absolute Gasteiger partial charge is 0.466 e. The Labute approximate surface area is 151 Å². The molecule has 1 N–H and O–H groups in total. The number of nitro groups is 1. The summed E-state index contributed by atoms with van der Waals surface area (Å²) in [7, 11) is 0. The van der Waals surface area contributed by atoms with E-state index >= 15 is 0 Å². The zero-order chi connectivity index (χ0) is 19.1.